The number of aromatic carboxylic acids is 1. The van der Waals surface area contributed by atoms with Crippen LogP contribution in [0.25, 0.3) is 44.3 Å². The van der Waals surface area contributed by atoms with Gasteiger partial charge in [0.2, 0.25) is 0 Å². The van der Waals surface area contributed by atoms with Crippen LogP contribution in [0.15, 0.2) is 72.8 Å². The van der Waals surface area contributed by atoms with Gasteiger partial charge in [-0.05, 0) is 45.7 Å². The van der Waals surface area contributed by atoms with Crippen LogP contribution in [-0.2, 0) is 5.41 Å². The van der Waals surface area contributed by atoms with Crippen LogP contribution < -0.4 is 0 Å². The molecule has 0 bridgehead atoms. The summed E-state index contributed by atoms with van der Waals surface area (Å²) in [6.07, 6.45) is 0. The lowest BCUT2D eigenvalue weighted by Gasteiger charge is -2.19. The van der Waals surface area contributed by atoms with Crippen molar-refractivity contribution in [3.05, 3.63) is 83.9 Å². The average molecular weight is 437 g/mol. The summed E-state index contributed by atoms with van der Waals surface area (Å²) in [4.78, 5) is 19.6. The summed E-state index contributed by atoms with van der Waals surface area (Å²) >= 11 is 0. The number of aromatic amines is 1. The van der Waals surface area contributed by atoms with Crippen LogP contribution >= 0.6 is 0 Å². The molecule has 1 heterocycles. The molecule has 0 spiro atoms. The van der Waals surface area contributed by atoms with Crippen LogP contribution in [0.4, 0.5) is 0 Å². The van der Waals surface area contributed by atoms with Crippen molar-refractivity contribution >= 4 is 27.8 Å². The molecule has 0 fully saturated rings. The molecule has 0 amide bonds. The maximum Gasteiger partial charge on any atom is 0.335 e. The molecule has 0 saturated heterocycles. The Bertz CT molecular complexity index is 1520. The van der Waals surface area contributed by atoms with E-state index in [-0.39, 0.29) is 16.7 Å². The predicted molar refractivity (Wildman–Crippen MR) is 132 cm³/mol. The summed E-state index contributed by atoms with van der Waals surface area (Å²) in [5.41, 5.74) is 5.88. The number of carboxylic acids is 1. The van der Waals surface area contributed by atoms with Crippen molar-refractivity contribution in [2.75, 3.05) is 0 Å². The van der Waals surface area contributed by atoms with E-state index in [1.165, 1.54) is 11.6 Å². The van der Waals surface area contributed by atoms with Crippen molar-refractivity contribution in [3.8, 4) is 28.3 Å². The van der Waals surface area contributed by atoms with Crippen molar-refractivity contribution in [1.82, 2.24) is 9.97 Å². The van der Waals surface area contributed by atoms with Crippen LogP contribution in [0.5, 0.6) is 5.75 Å². The number of nitrogens with one attached hydrogen (secondary N) is 1. The molecule has 5 nitrogen and oxygen atoms in total. The number of H-pyrrole nitrogens is 1. The van der Waals surface area contributed by atoms with Crippen molar-refractivity contribution in [2.24, 2.45) is 0 Å². The van der Waals surface area contributed by atoms with E-state index in [1.54, 1.807) is 12.1 Å². The van der Waals surface area contributed by atoms with E-state index in [1.807, 2.05) is 24.3 Å². The van der Waals surface area contributed by atoms with Crippen molar-refractivity contribution in [2.45, 2.75) is 26.2 Å². The fourth-order valence-corrected chi connectivity index (χ4v) is 4.25. The minimum atomic E-state index is -1.08. The van der Waals surface area contributed by atoms with Crippen LogP contribution in [0.1, 0.15) is 36.7 Å². The molecular formula is C28H24N2O3. The highest BCUT2D eigenvalue weighted by molar-refractivity contribution is 6.10. The zero-order valence-electron chi connectivity index (χ0n) is 18.7. The lowest BCUT2D eigenvalue weighted by Crippen LogP contribution is -2.10. The number of phenols is 1. The highest BCUT2D eigenvalue weighted by atomic mass is 16.4. The first-order valence-corrected chi connectivity index (χ1v) is 10.8. The second-order valence-electron chi connectivity index (χ2n) is 9.32. The Kier molecular flexibility index (Phi) is 4.71. The summed E-state index contributed by atoms with van der Waals surface area (Å²) in [6, 6.07) is 23.2. The Morgan fingerprint density at radius 2 is 1.61 bits per heavy atom. The summed E-state index contributed by atoms with van der Waals surface area (Å²) in [5.74, 6) is -0.490. The third kappa shape index (κ3) is 3.61. The first kappa shape index (κ1) is 20.8. The molecule has 3 N–H and O–H groups in total. The van der Waals surface area contributed by atoms with Crippen LogP contribution in [0.3, 0.4) is 0 Å². The van der Waals surface area contributed by atoms with E-state index in [0.29, 0.717) is 22.1 Å². The molecule has 4 aromatic carbocycles. The summed E-state index contributed by atoms with van der Waals surface area (Å²) in [7, 11) is 0. The van der Waals surface area contributed by atoms with Gasteiger partial charge >= 0.3 is 5.97 Å². The third-order valence-electron chi connectivity index (χ3n) is 6.04. The maximum atomic E-state index is 11.4. The minimum absolute atomic E-state index is 0.0409. The molecule has 5 aromatic rings. The van der Waals surface area contributed by atoms with E-state index in [9.17, 15) is 15.0 Å². The molecular weight excluding hydrogens is 412 g/mol. The standard InChI is InChI=1S/C28H24N2O3/c1-28(2,3)19-11-8-16(9-12-19)20-6-4-5-7-21(20)26-29-22-13-10-17-14-18(27(32)33)15-23(31)24(17)25(22)30-26/h4-15,31H,1-3H3,(H,29,30)(H,32,33). The molecule has 5 heteroatoms. The summed E-state index contributed by atoms with van der Waals surface area (Å²) in [5, 5.41) is 21.1. The van der Waals surface area contributed by atoms with E-state index in [4.69, 9.17) is 4.98 Å². The molecule has 0 atom stereocenters. The van der Waals surface area contributed by atoms with E-state index in [2.05, 4.69) is 56.1 Å². The Hall–Kier alpha value is -4.12. The number of hydrogen-bond donors (Lipinski definition) is 3. The zero-order valence-corrected chi connectivity index (χ0v) is 18.7. The third-order valence-corrected chi connectivity index (χ3v) is 6.04. The second kappa shape index (κ2) is 7.48. The lowest BCUT2D eigenvalue weighted by molar-refractivity contribution is 0.0696. The SMILES string of the molecule is CC(C)(C)c1ccc(-c2ccccc2-c2nc3c(ccc4cc(C(=O)O)cc(O)c43)[nH]2)cc1. The van der Waals surface area contributed by atoms with E-state index >= 15 is 0 Å². The number of nitrogens with zero attached hydrogens (tertiary/aromatic N) is 1. The molecule has 5 rings (SSSR count). The van der Waals surface area contributed by atoms with E-state index < -0.39 is 5.97 Å². The van der Waals surface area contributed by atoms with Gasteiger partial charge in [0, 0.05) is 5.56 Å². The van der Waals surface area contributed by atoms with Gasteiger partial charge in [0.05, 0.1) is 16.5 Å². The van der Waals surface area contributed by atoms with Crippen LogP contribution in [0, 0.1) is 0 Å². The molecule has 33 heavy (non-hydrogen) atoms. The largest absolute Gasteiger partial charge is 0.507 e. The molecule has 0 aliphatic rings. The van der Waals surface area contributed by atoms with Crippen LogP contribution in [-0.4, -0.2) is 26.2 Å². The molecule has 0 radical (unpaired) electrons. The van der Waals surface area contributed by atoms with E-state index in [0.717, 1.165) is 22.2 Å². The molecule has 0 unspecified atom stereocenters. The predicted octanol–water partition coefficient (Wildman–Crippen LogP) is 6.75. The van der Waals surface area contributed by atoms with Crippen LogP contribution in [0.2, 0.25) is 0 Å². The number of hydrogen-bond acceptors (Lipinski definition) is 3. The smallest absolute Gasteiger partial charge is 0.335 e. The number of imidazole rings is 1. The van der Waals surface area contributed by atoms with Gasteiger partial charge < -0.3 is 15.2 Å². The highest BCUT2D eigenvalue weighted by Gasteiger charge is 2.17. The van der Waals surface area contributed by atoms with Gasteiger partial charge in [-0.25, -0.2) is 9.78 Å². The second-order valence-corrected chi connectivity index (χ2v) is 9.32. The average Bonchev–Trinajstić information content (AvgIpc) is 3.22. The number of aromatic nitrogens is 2. The molecule has 0 aliphatic heterocycles. The Labute approximate surface area is 191 Å². The maximum absolute atomic E-state index is 11.4. The molecule has 164 valence electrons. The van der Waals surface area contributed by atoms with Gasteiger partial charge in [0.15, 0.2) is 0 Å². The van der Waals surface area contributed by atoms with Gasteiger partial charge in [-0.1, -0.05) is 75.4 Å². The number of rotatable bonds is 3. The number of carboxylic acid groups (broad SMARTS) is 1. The van der Waals surface area contributed by atoms with Gasteiger partial charge in [0.1, 0.15) is 17.1 Å². The lowest BCUT2D eigenvalue weighted by atomic mass is 9.86. The molecule has 1 aromatic heterocycles. The normalized spacial score (nSPS) is 11.8. The van der Waals surface area contributed by atoms with Crippen molar-refractivity contribution in [3.63, 3.8) is 0 Å². The topological polar surface area (TPSA) is 86.2 Å². The zero-order chi connectivity index (χ0) is 23.3. The van der Waals surface area contributed by atoms with Gasteiger partial charge in [-0.3, -0.25) is 0 Å². The number of carbonyl (C=O) groups is 1. The first-order valence-electron chi connectivity index (χ1n) is 10.8. The number of aromatic hydroxyl groups is 1. The Morgan fingerprint density at radius 3 is 2.27 bits per heavy atom. The Morgan fingerprint density at radius 1 is 0.909 bits per heavy atom. The number of phenolic OH excluding ortho intramolecular Hbond substituents is 1. The summed E-state index contributed by atoms with van der Waals surface area (Å²) in [6.45, 7) is 6.59. The van der Waals surface area contributed by atoms with Crippen molar-refractivity contribution < 1.29 is 15.0 Å². The fourth-order valence-electron chi connectivity index (χ4n) is 4.25. The fraction of sp³-hybridized carbons (Fsp3) is 0.143. The molecule has 0 aliphatic carbocycles. The first-order chi connectivity index (χ1) is 15.7. The van der Waals surface area contributed by atoms with Crippen molar-refractivity contribution in [1.29, 1.82) is 0 Å². The molecule has 0 saturated carbocycles. The van der Waals surface area contributed by atoms with Gasteiger partial charge in [-0.2, -0.15) is 0 Å². The van der Waals surface area contributed by atoms with Gasteiger partial charge in [0.25, 0.3) is 0 Å². The monoisotopic (exact) mass is 436 g/mol. The number of benzene rings is 4. The number of fused-ring (bicyclic) bond motifs is 3. The van der Waals surface area contributed by atoms with Gasteiger partial charge in [-0.15, -0.1) is 0 Å². The Balaban J connectivity index is 1.66. The summed E-state index contributed by atoms with van der Waals surface area (Å²) < 4.78 is 0. The minimum Gasteiger partial charge on any atom is -0.507 e. The highest BCUT2D eigenvalue weighted by Crippen LogP contribution is 2.37. The quantitative estimate of drug-likeness (QED) is 0.292.